The summed E-state index contributed by atoms with van der Waals surface area (Å²) >= 11 is 0. The van der Waals surface area contributed by atoms with Crippen LogP contribution in [-0.2, 0) is 16.6 Å². The summed E-state index contributed by atoms with van der Waals surface area (Å²) in [6.45, 7) is 2.77. The van der Waals surface area contributed by atoms with Crippen LogP contribution >= 0.6 is 0 Å². The van der Waals surface area contributed by atoms with Crippen molar-refractivity contribution in [2.45, 2.75) is 24.4 Å². The standard InChI is InChI=1S/C15H18FN5O4S/c1-2-19-10-14(15(18-19)21(22)23)26(24,25)20-7-6-17-9-13(20)11-4-3-5-12(16)8-11/h3-5,8,10,13,17H,2,6-7,9H2,1H3. The van der Waals surface area contributed by atoms with E-state index in [1.807, 2.05) is 0 Å². The van der Waals surface area contributed by atoms with Gasteiger partial charge in [0.25, 0.3) is 10.0 Å². The van der Waals surface area contributed by atoms with E-state index in [9.17, 15) is 22.9 Å². The van der Waals surface area contributed by atoms with Gasteiger partial charge in [0.05, 0.1) is 23.9 Å². The first-order valence-electron chi connectivity index (χ1n) is 8.04. The SMILES string of the molecule is CCn1cc(S(=O)(=O)N2CCNCC2c2cccc(F)c2)c([N+](=O)[O-])n1. The van der Waals surface area contributed by atoms with Gasteiger partial charge in [-0.1, -0.05) is 12.1 Å². The van der Waals surface area contributed by atoms with Crippen molar-refractivity contribution >= 4 is 15.8 Å². The van der Waals surface area contributed by atoms with E-state index in [0.717, 1.165) is 6.20 Å². The molecule has 1 aromatic heterocycles. The Morgan fingerprint density at radius 2 is 2.23 bits per heavy atom. The third-order valence-electron chi connectivity index (χ3n) is 4.22. The number of nitrogens with one attached hydrogen (secondary N) is 1. The van der Waals surface area contributed by atoms with E-state index in [1.54, 1.807) is 13.0 Å². The molecule has 2 aromatic rings. The Labute approximate surface area is 149 Å². The molecule has 1 atom stereocenters. The smallest absolute Gasteiger partial charge is 0.358 e. The zero-order valence-corrected chi connectivity index (χ0v) is 14.8. The summed E-state index contributed by atoms with van der Waals surface area (Å²) in [7, 11) is -4.19. The number of nitro groups is 1. The van der Waals surface area contributed by atoms with Gasteiger partial charge in [-0.15, -0.1) is 0 Å². The lowest BCUT2D eigenvalue weighted by molar-refractivity contribution is -0.392. The van der Waals surface area contributed by atoms with Gasteiger partial charge in [0.2, 0.25) is 4.90 Å². The molecule has 2 heterocycles. The first-order valence-corrected chi connectivity index (χ1v) is 9.48. The fourth-order valence-electron chi connectivity index (χ4n) is 2.96. The normalized spacial score (nSPS) is 18.8. The van der Waals surface area contributed by atoms with Gasteiger partial charge < -0.3 is 15.4 Å². The summed E-state index contributed by atoms with van der Waals surface area (Å²) in [5.41, 5.74) is 0.478. The van der Waals surface area contributed by atoms with E-state index < -0.39 is 37.5 Å². The Morgan fingerprint density at radius 1 is 1.46 bits per heavy atom. The summed E-state index contributed by atoms with van der Waals surface area (Å²) in [4.78, 5) is 10.0. The third-order valence-corrected chi connectivity index (χ3v) is 6.12. The molecule has 9 nitrogen and oxygen atoms in total. The quantitative estimate of drug-likeness (QED) is 0.615. The number of halogens is 1. The molecule has 11 heteroatoms. The largest absolute Gasteiger partial charge is 0.410 e. The Bertz CT molecular complexity index is 930. The Kier molecular flexibility index (Phi) is 5.03. The number of hydrogen-bond acceptors (Lipinski definition) is 6. The number of piperazine rings is 1. The minimum absolute atomic E-state index is 0.109. The van der Waals surface area contributed by atoms with Crippen LogP contribution in [0, 0.1) is 15.9 Å². The van der Waals surface area contributed by atoms with Crippen molar-refractivity contribution in [1.82, 2.24) is 19.4 Å². The van der Waals surface area contributed by atoms with Gasteiger partial charge in [-0.2, -0.15) is 8.99 Å². The molecule has 1 fully saturated rings. The second-order valence-electron chi connectivity index (χ2n) is 5.82. The number of aromatic nitrogens is 2. The molecule has 0 saturated carbocycles. The number of nitrogens with zero attached hydrogens (tertiary/aromatic N) is 4. The second-order valence-corrected chi connectivity index (χ2v) is 7.68. The van der Waals surface area contributed by atoms with E-state index in [1.165, 1.54) is 27.2 Å². The first-order chi connectivity index (χ1) is 12.3. The maximum atomic E-state index is 13.6. The Balaban J connectivity index is 2.07. The lowest BCUT2D eigenvalue weighted by Gasteiger charge is -2.35. The molecule has 1 unspecified atom stereocenters. The van der Waals surface area contributed by atoms with Crippen LogP contribution in [0.5, 0.6) is 0 Å². The molecule has 1 saturated heterocycles. The van der Waals surface area contributed by atoms with Crippen LogP contribution in [0.3, 0.4) is 0 Å². The summed E-state index contributed by atoms with van der Waals surface area (Å²) in [5.74, 6) is -1.18. The highest BCUT2D eigenvalue weighted by Crippen LogP contribution is 2.32. The zero-order chi connectivity index (χ0) is 18.9. The number of hydrogen-bond donors (Lipinski definition) is 1. The molecule has 0 spiro atoms. The fraction of sp³-hybridized carbons (Fsp3) is 0.400. The van der Waals surface area contributed by atoms with Gasteiger partial charge in [0.15, 0.2) is 0 Å². The van der Waals surface area contributed by atoms with Gasteiger partial charge >= 0.3 is 5.82 Å². The summed E-state index contributed by atoms with van der Waals surface area (Å²) in [6, 6.07) is 5.00. The molecule has 1 aromatic carbocycles. The average molecular weight is 383 g/mol. The van der Waals surface area contributed by atoms with Gasteiger partial charge in [0, 0.05) is 19.6 Å². The molecular formula is C15H18FN5O4S. The number of sulfonamides is 1. The van der Waals surface area contributed by atoms with Crippen LogP contribution in [-0.4, -0.2) is 47.1 Å². The molecule has 0 amide bonds. The van der Waals surface area contributed by atoms with Crippen LogP contribution in [0.15, 0.2) is 35.4 Å². The minimum atomic E-state index is -4.19. The molecule has 0 radical (unpaired) electrons. The van der Waals surface area contributed by atoms with Crippen LogP contribution in [0.4, 0.5) is 10.2 Å². The first kappa shape index (κ1) is 18.4. The van der Waals surface area contributed by atoms with E-state index in [-0.39, 0.29) is 13.1 Å². The second kappa shape index (κ2) is 7.09. The van der Waals surface area contributed by atoms with Crippen LogP contribution in [0.1, 0.15) is 18.5 Å². The highest BCUT2D eigenvalue weighted by molar-refractivity contribution is 7.89. The number of benzene rings is 1. The monoisotopic (exact) mass is 383 g/mol. The van der Waals surface area contributed by atoms with Crippen LogP contribution in [0.25, 0.3) is 0 Å². The van der Waals surface area contributed by atoms with E-state index in [4.69, 9.17) is 0 Å². The van der Waals surface area contributed by atoms with Gasteiger partial charge in [0.1, 0.15) is 5.82 Å². The van der Waals surface area contributed by atoms with Crippen LogP contribution in [0.2, 0.25) is 0 Å². The number of rotatable bonds is 5. The van der Waals surface area contributed by atoms with E-state index in [0.29, 0.717) is 18.7 Å². The molecular weight excluding hydrogens is 365 g/mol. The predicted octanol–water partition coefficient (Wildman–Crippen LogP) is 1.29. The summed E-state index contributed by atoms with van der Waals surface area (Å²) in [6.07, 6.45) is 1.16. The summed E-state index contributed by atoms with van der Waals surface area (Å²) in [5, 5.41) is 18.1. The van der Waals surface area contributed by atoms with Crippen molar-refractivity contribution < 1.29 is 17.7 Å². The van der Waals surface area contributed by atoms with Crippen molar-refractivity contribution in [3.63, 3.8) is 0 Å². The van der Waals surface area contributed by atoms with Crippen molar-refractivity contribution in [1.29, 1.82) is 0 Å². The highest BCUT2D eigenvalue weighted by atomic mass is 32.2. The molecule has 0 aliphatic carbocycles. The fourth-order valence-corrected chi connectivity index (χ4v) is 4.68. The maximum absolute atomic E-state index is 13.6. The van der Waals surface area contributed by atoms with Gasteiger partial charge in [-0.3, -0.25) is 0 Å². The minimum Gasteiger partial charge on any atom is -0.358 e. The Hall–Kier alpha value is -2.37. The number of aryl methyl sites for hydroxylation is 1. The van der Waals surface area contributed by atoms with Crippen molar-refractivity contribution in [2.24, 2.45) is 0 Å². The van der Waals surface area contributed by atoms with Crippen molar-refractivity contribution in [3.05, 3.63) is 52.0 Å². The van der Waals surface area contributed by atoms with Gasteiger partial charge in [-0.05, 0) is 29.5 Å². The maximum Gasteiger partial charge on any atom is 0.410 e. The van der Waals surface area contributed by atoms with E-state index >= 15 is 0 Å². The zero-order valence-electron chi connectivity index (χ0n) is 14.0. The van der Waals surface area contributed by atoms with E-state index in [2.05, 4.69) is 10.4 Å². The average Bonchev–Trinajstić information content (AvgIpc) is 3.07. The molecule has 140 valence electrons. The van der Waals surface area contributed by atoms with Crippen molar-refractivity contribution in [2.75, 3.05) is 19.6 Å². The Morgan fingerprint density at radius 3 is 2.88 bits per heavy atom. The predicted molar refractivity (Wildman–Crippen MR) is 90.5 cm³/mol. The molecule has 1 N–H and O–H groups in total. The lowest BCUT2D eigenvalue weighted by Crippen LogP contribution is -2.48. The molecule has 26 heavy (non-hydrogen) atoms. The highest BCUT2D eigenvalue weighted by Gasteiger charge is 2.40. The molecule has 3 rings (SSSR count). The molecule has 1 aliphatic rings. The topological polar surface area (TPSA) is 110 Å². The third kappa shape index (κ3) is 3.32. The lowest BCUT2D eigenvalue weighted by atomic mass is 10.1. The van der Waals surface area contributed by atoms with Gasteiger partial charge in [-0.25, -0.2) is 12.8 Å². The molecule has 1 aliphatic heterocycles. The molecule has 0 bridgehead atoms. The summed E-state index contributed by atoms with van der Waals surface area (Å²) < 4.78 is 42.3. The van der Waals surface area contributed by atoms with Crippen molar-refractivity contribution in [3.8, 4) is 0 Å². The van der Waals surface area contributed by atoms with Crippen LogP contribution < -0.4 is 5.32 Å².